The van der Waals surface area contributed by atoms with Gasteiger partial charge < -0.3 is 20.4 Å². The van der Waals surface area contributed by atoms with Crippen molar-refractivity contribution in [2.45, 2.75) is 24.9 Å². The summed E-state index contributed by atoms with van der Waals surface area (Å²) in [5.74, 6) is -7.24. The summed E-state index contributed by atoms with van der Waals surface area (Å²) in [5.41, 5.74) is -5.83. The van der Waals surface area contributed by atoms with E-state index in [1.54, 1.807) is 6.92 Å². The monoisotopic (exact) mass is 522 g/mol. The Hall–Kier alpha value is -4.89. The van der Waals surface area contributed by atoms with Crippen molar-refractivity contribution < 1.29 is 44.4 Å². The number of allylic oxidation sites excluding steroid dienone is 1. The summed E-state index contributed by atoms with van der Waals surface area (Å²) in [6.07, 6.45) is 1.91. The number of phenolic OH excluding ortho intramolecular Hbond substituents is 3. The van der Waals surface area contributed by atoms with Crippen LogP contribution in [0.2, 0.25) is 0 Å². The fraction of sp³-hybridized carbons (Fsp3) is 0.167. The molecule has 192 valence electrons. The first kappa shape index (κ1) is 23.2. The van der Waals surface area contributed by atoms with E-state index in [1.165, 1.54) is 42.5 Å². The molecule has 9 heteroatoms. The standard InChI is InChI=1S/C30H18O9/c1-11-7-14-22(17(32)8-11)28(38)30(39)19(34)6-5-15-20-12(10-29(15,30)27(14)37)9-18(33)23-24(20)25(35)13-3-2-4-16(31)21(13)26(23)36/h2-9,15,31-33,39H,10H2,1H3. The highest BCUT2D eigenvalue weighted by molar-refractivity contribution is 6.34. The molecule has 3 unspecified atom stereocenters. The molecular weight excluding hydrogens is 504 g/mol. The molecule has 9 nitrogen and oxygen atoms in total. The SMILES string of the molecule is Cc1cc(O)c2c(c1)C(=O)C13Cc4cc(O)c5c(c4C1C=CC(=O)C3(O)C2=O)C(=O)c1cccc(O)c1C5=O. The molecule has 7 rings (SSSR count). The average molecular weight is 522 g/mol. The Balaban J connectivity index is 1.56. The second-order valence-electron chi connectivity index (χ2n) is 10.5. The average Bonchev–Trinajstić information content (AvgIpc) is 3.22. The number of hydrogen-bond acceptors (Lipinski definition) is 9. The smallest absolute Gasteiger partial charge is 0.207 e. The minimum atomic E-state index is -2.91. The zero-order chi connectivity index (χ0) is 27.8. The highest BCUT2D eigenvalue weighted by Crippen LogP contribution is 2.63. The number of benzene rings is 3. The van der Waals surface area contributed by atoms with E-state index in [2.05, 4.69) is 0 Å². The van der Waals surface area contributed by atoms with Crippen LogP contribution in [0.3, 0.4) is 0 Å². The second-order valence-corrected chi connectivity index (χ2v) is 10.5. The van der Waals surface area contributed by atoms with E-state index >= 15 is 0 Å². The van der Waals surface area contributed by atoms with Crippen molar-refractivity contribution in [2.24, 2.45) is 5.41 Å². The number of ketones is 5. The largest absolute Gasteiger partial charge is 0.507 e. The number of rotatable bonds is 0. The van der Waals surface area contributed by atoms with Crippen LogP contribution in [0.5, 0.6) is 17.2 Å². The minimum Gasteiger partial charge on any atom is -0.507 e. The van der Waals surface area contributed by atoms with Crippen molar-refractivity contribution in [3.63, 3.8) is 0 Å². The first-order chi connectivity index (χ1) is 18.4. The molecule has 0 radical (unpaired) electrons. The molecule has 1 spiro atoms. The molecule has 0 aliphatic heterocycles. The number of aliphatic hydroxyl groups is 1. The Morgan fingerprint density at radius 3 is 2.23 bits per heavy atom. The molecule has 0 amide bonds. The third kappa shape index (κ3) is 2.38. The van der Waals surface area contributed by atoms with Gasteiger partial charge in [0.15, 0.2) is 17.3 Å². The summed E-state index contributed by atoms with van der Waals surface area (Å²) in [6.45, 7) is 1.61. The van der Waals surface area contributed by atoms with Gasteiger partial charge in [0.05, 0.1) is 22.1 Å². The Morgan fingerprint density at radius 1 is 0.769 bits per heavy atom. The van der Waals surface area contributed by atoms with Crippen LogP contribution < -0.4 is 0 Å². The number of phenols is 3. The van der Waals surface area contributed by atoms with Crippen LogP contribution in [-0.4, -0.2) is 54.9 Å². The zero-order valence-electron chi connectivity index (χ0n) is 20.2. The third-order valence-corrected chi connectivity index (χ3v) is 8.62. The highest BCUT2D eigenvalue weighted by Gasteiger charge is 2.73. The van der Waals surface area contributed by atoms with Gasteiger partial charge in [0.25, 0.3) is 0 Å². The first-order valence-corrected chi connectivity index (χ1v) is 12.1. The lowest BCUT2D eigenvalue weighted by Gasteiger charge is -2.49. The Kier molecular flexibility index (Phi) is 4.14. The van der Waals surface area contributed by atoms with Crippen LogP contribution in [0.25, 0.3) is 0 Å². The Labute approximate surface area is 219 Å². The number of fused-ring (bicyclic) bond motifs is 6. The molecule has 0 fully saturated rings. The number of aryl methyl sites for hydroxylation is 1. The summed E-state index contributed by atoms with van der Waals surface area (Å²) in [6, 6.07) is 7.82. The number of hydrogen-bond donors (Lipinski definition) is 4. The van der Waals surface area contributed by atoms with Crippen molar-refractivity contribution >= 4 is 28.9 Å². The summed E-state index contributed by atoms with van der Waals surface area (Å²) in [7, 11) is 0. The molecule has 3 atom stereocenters. The van der Waals surface area contributed by atoms with Crippen molar-refractivity contribution in [1.82, 2.24) is 0 Å². The quantitative estimate of drug-likeness (QED) is 0.254. The molecule has 3 aromatic rings. The van der Waals surface area contributed by atoms with Gasteiger partial charge in [-0.25, -0.2) is 0 Å². The third-order valence-electron chi connectivity index (χ3n) is 8.62. The molecule has 4 aliphatic rings. The molecular formula is C30H18O9. The van der Waals surface area contributed by atoms with Crippen LogP contribution in [-0.2, 0) is 11.2 Å². The summed E-state index contributed by atoms with van der Waals surface area (Å²) < 4.78 is 0. The molecule has 0 saturated carbocycles. The molecule has 0 heterocycles. The van der Waals surface area contributed by atoms with E-state index in [9.17, 15) is 44.4 Å². The van der Waals surface area contributed by atoms with Gasteiger partial charge >= 0.3 is 0 Å². The van der Waals surface area contributed by atoms with Gasteiger partial charge in [0, 0.05) is 22.6 Å². The zero-order valence-corrected chi connectivity index (χ0v) is 20.2. The predicted octanol–water partition coefficient (Wildman–Crippen LogP) is 2.46. The number of carbonyl (C=O) groups is 5. The van der Waals surface area contributed by atoms with Crippen molar-refractivity contribution in [3.05, 3.63) is 98.6 Å². The van der Waals surface area contributed by atoms with Crippen LogP contribution in [0.4, 0.5) is 0 Å². The predicted molar refractivity (Wildman–Crippen MR) is 133 cm³/mol. The number of carbonyl (C=O) groups excluding carboxylic acids is 5. The highest BCUT2D eigenvalue weighted by atomic mass is 16.3. The lowest BCUT2D eigenvalue weighted by Crippen LogP contribution is -2.68. The molecule has 39 heavy (non-hydrogen) atoms. The lowest BCUT2D eigenvalue weighted by molar-refractivity contribution is -0.139. The van der Waals surface area contributed by atoms with E-state index in [0.717, 1.165) is 6.08 Å². The number of Topliss-reactive ketones (excluding diaryl/α,β-unsaturated/α-hetero) is 2. The summed E-state index contributed by atoms with van der Waals surface area (Å²) in [4.78, 5) is 68.7. The molecule has 4 N–H and O–H groups in total. The van der Waals surface area contributed by atoms with Gasteiger partial charge in [-0.1, -0.05) is 18.2 Å². The van der Waals surface area contributed by atoms with Gasteiger partial charge in [-0.15, -0.1) is 0 Å². The molecule has 4 aliphatic carbocycles. The fourth-order valence-corrected chi connectivity index (χ4v) is 7.03. The van der Waals surface area contributed by atoms with Gasteiger partial charge in [-0.05, 0) is 60.4 Å². The molecule has 3 aromatic carbocycles. The second kappa shape index (κ2) is 6.95. The van der Waals surface area contributed by atoms with Crippen LogP contribution >= 0.6 is 0 Å². The summed E-state index contributed by atoms with van der Waals surface area (Å²) >= 11 is 0. The van der Waals surface area contributed by atoms with Crippen LogP contribution in [0.1, 0.15) is 75.2 Å². The van der Waals surface area contributed by atoms with E-state index < -0.39 is 75.1 Å². The van der Waals surface area contributed by atoms with Gasteiger partial charge in [-0.3, -0.25) is 24.0 Å². The molecule has 0 aromatic heterocycles. The normalized spacial score (nSPS) is 26.0. The van der Waals surface area contributed by atoms with E-state index in [4.69, 9.17) is 0 Å². The maximum absolute atomic E-state index is 14.3. The lowest BCUT2D eigenvalue weighted by atomic mass is 9.51. The topological polar surface area (TPSA) is 166 Å². The maximum atomic E-state index is 14.3. The molecule has 0 saturated heterocycles. The van der Waals surface area contributed by atoms with Gasteiger partial charge in [-0.2, -0.15) is 0 Å². The Bertz CT molecular complexity index is 1850. The Morgan fingerprint density at radius 2 is 1.49 bits per heavy atom. The van der Waals surface area contributed by atoms with Gasteiger partial charge in [0.2, 0.25) is 17.2 Å². The summed E-state index contributed by atoms with van der Waals surface area (Å²) in [5, 5.41) is 43.7. The van der Waals surface area contributed by atoms with E-state index in [-0.39, 0.29) is 38.9 Å². The maximum Gasteiger partial charge on any atom is 0.207 e. The van der Waals surface area contributed by atoms with E-state index in [1.807, 2.05) is 0 Å². The molecule has 0 bridgehead atoms. The van der Waals surface area contributed by atoms with Crippen LogP contribution in [0, 0.1) is 12.3 Å². The minimum absolute atomic E-state index is 0.107. The van der Waals surface area contributed by atoms with E-state index in [0.29, 0.717) is 5.56 Å². The van der Waals surface area contributed by atoms with Crippen molar-refractivity contribution in [3.8, 4) is 17.2 Å². The van der Waals surface area contributed by atoms with Crippen molar-refractivity contribution in [1.29, 1.82) is 0 Å². The number of aromatic hydroxyl groups is 3. The fourth-order valence-electron chi connectivity index (χ4n) is 7.03. The first-order valence-electron chi connectivity index (χ1n) is 12.1. The van der Waals surface area contributed by atoms with Crippen LogP contribution in [0.15, 0.2) is 48.6 Å². The van der Waals surface area contributed by atoms with Crippen molar-refractivity contribution in [2.75, 3.05) is 0 Å². The van der Waals surface area contributed by atoms with Gasteiger partial charge in [0.1, 0.15) is 17.2 Å².